The molecule has 0 fully saturated rings. The molecule has 0 spiro atoms. The molecule has 0 saturated heterocycles. The average molecular weight is 209 g/mol. The van der Waals surface area contributed by atoms with Gasteiger partial charge in [0.15, 0.2) is 0 Å². The number of ether oxygens (including phenoxy) is 1. The summed E-state index contributed by atoms with van der Waals surface area (Å²) in [4.78, 5) is 10.5. The van der Waals surface area contributed by atoms with Crippen molar-refractivity contribution in [3.63, 3.8) is 0 Å². The molecule has 1 aromatic carbocycles. The van der Waals surface area contributed by atoms with Crippen molar-refractivity contribution in [2.45, 2.75) is 19.1 Å². The Labute approximate surface area is 88.9 Å². The number of rotatable bonds is 4. The van der Waals surface area contributed by atoms with Gasteiger partial charge in [-0.05, 0) is 12.5 Å². The Morgan fingerprint density at radius 2 is 2.00 bits per heavy atom. The van der Waals surface area contributed by atoms with Gasteiger partial charge in [0.2, 0.25) is 0 Å². The fourth-order valence-corrected chi connectivity index (χ4v) is 1.54. The van der Waals surface area contributed by atoms with Crippen LogP contribution in [0.1, 0.15) is 18.6 Å². The molecule has 2 atom stereocenters. The van der Waals surface area contributed by atoms with Crippen molar-refractivity contribution in [1.82, 2.24) is 5.32 Å². The van der Waals surface area contributed by atoms with Crippen LogP contribution in [0, 0.1) is 0 Å². The number of hydrogen-bond donors (Lipinski definition) is 2. The summed E-state index contributed by atoms with van der Waals surface area (Å²) in [5.74, 6) is 0. The zero-order chi connectivity index (χ0) is 11.3. The van der Waals surface area contributed by atoms with E-state index in [4.69, 9.17) is 9.84 Å². The van der Waals surface area contributed by atoms with E-state index in [-0.39, 0.29) is 12.1 Å². The molecule has 1 unspecified atom stereocenters. The predicted octanol–water partition coefficient (Wildman–Crippen LogP) is 2.03. The Morgan fingerprint density at radius 3 is 2.47 bits per heavy atom. The Hall–Kier alpha value is -1.55. The van der Waals surface area contributed by atoms with Gasteiger partial charge in [-0.15, -0.1) is 0 Å². The predicted molar refractivity (Wildman–Crippen MR) is 56.8 cm³/mol. The van der Waals surface area contributed by atoms with Crippen molar-refractivity contribution >= 4 is 6.09 Å². The second-order valence-corrected chi connectivity index (χ2v) is 3.31. The zero-order valence-electron chi connectivity index (χ0n) is 8.81. The minimum atomic E-state index is -1.04. The first kappa shape index (κ1) is 11.5. The first-order chi connectivity index (χ1) is 7.15. The highest BCUT2D eigenvalue weighted by atomic mass is 16.5. The van der Waals surface area contributed by atoms with E-state index in [1.54, 1.807) is 14.0 Å². The summed E-state index contributed by atoms with van der Waals surface area (Å²) < 4.78 is 5.27. The molecule has 0 heterocycles. The van der Waals surface area contributed by atoms with Crippen molar-refractivity contribution in [2.75, 3.05) is 7.11 Å². The van der Waals surface area contributed by atoms with Crippen LogP contribution in [0.25, 0.3) is 0 Å². The van der Waals surface area contributed by atoms with Gasteiger partial charge >= 0.3 is 6.09 Å². The van der Waals surface area contributed by atoms with Gasteiger partial charge in [0.25, 0.3) is 0 Å². The van der Waals surface area contributed by atoms with Crippen molar-refractivity contribution in [2.24, 2.45) is 0 Å². The fraction of sp³-hybridized carbons (Fsp3) is 0.364. The number of amides is 1. The van der Waals surface area contributed by atoms with Crippen LogP contribution in [0.3, 0.4) is 0 Å². The van der Waals surface area contributed by atoms with Gasteiger partial charge in [-0.1, -0.05) is 30.3 Å². The van der Waals surface area contributed by atoms with E-state index in [9.17, 15) is 4.79 Å². The van der Waals surface area contributed by atoms with E-state index in [0.29, 0.717) is 0 Å². The van der Waals surface area contributed by atoms with Crippen molar-refractivity contribution in [3.05, 3.63) is 35.9 Å². The summed E-state index contributed by atoms with van der Waals surface area (Å²) in [6, 6.07) is 9.24. The maximum absolute atomic E-state index is 10.5. The molecule has 0 aromatic heterocycles. The van der Waals surface area contributed by atoms with E-state index in [0.717, 1.165) is 5.56 Å². The number of hydrogen-bond acceptors (Lipinski definition) is 2. The van der Waals surface area contributed by atoms with Gasteiger partial charge in [-0.3, -0.25) is 0 Å². The maximum Gasteiger partial charge on any atom is 0.404 e. The summed E-state index contributed by atoms with van der Waals surface area (Å²) >= 11 is 0. The molecule has 15 heavy (non-hydrogen) atoms. The lowest BCUT2D eigenvalue weighted by molar-refractivity contribution is 0.0725. The first-order valence-electron chi connectivity index (χ1n) is 4.72. The maximum atomic E-state index is 10.5. The van der Waals surface area contributed by atoms with E-state index < -0.39 is 6.09 Å². The lowest BCUT2D eigenvalue weighted by Crippen LogP contribution is -2.36. The smallest absolute Gasteiger partial charge is 0.404 e. The van der Waals surface area contributed by atoms with Gasteiger partial charge < -0.3 is 15.2 Å². The molecule has 4 nitrogen and oxygen atoms in total. The van der Waals surface area contributed by atoms with Crippen LogP contribution >= 0.6 is 0 Å². The third-order valence-electron chi connectivity index (χ3n) is 2.19. The van der Waals surface area contributed by atoms with Crippen molar-refractivity contribution < 1.29 is 14.6 Å². The van der Waals surface area contributed by atoms with Gasteiger partial charge in [0, 0.05) is 7.11 Å². The molecule has 1 rings (SSSR count). The second-order valence-electron chi connectivity index (χ2n) is 3.31. The number of carboxylic acid groups (broad SMARTS) is 1. The molecule has 0 bridgehead atoms. The highest BCUT2D eigenvalue weighted by Gasteiger charge is 2.19. The molecular formula is C11H15NO3. The topological polar surface area (TPSA) is 58.6 Å². The number of benzene rings is 1. The average Bonchev–Trinajstić information content (AvgIpc) is 2.19. The monoisotopic (exact) mass is 209 g/mol. The minimum Gasteiger partial charge on any atom is -0.465 e. The Morgan fingerprint density at radius 1 is 1.40 bits per heavy atom. The molecule has 0 aliphatic heterocycles. The van der Waals surface area contributed by atoms with Crippen LogP contribution in [0.2, 0.25) is 0 Å². The Balaban J connectivity index is 2.75. The highest BCUT2D eigenvalue weighted by molar-refractivity contribution is 5.64. The molecule has 0 radical (unpaired) electrons. The van der Waals surface area contributed by atoms with E-state index in [2.05, 4.69) is 5.32 Å². The summed E-state index contributed by atoms with van der Waals surface area (Å²) in [5, 5.41) is 11.0. The SMILES string of the molecule is CO[C@H](c1ccccc1)C(C)NC(=O)O. The molecule has 2 N–H and O–H groups in total. The highest BCUT2D eigenvalue weighted by Crippen LogP contribution is 2.19. The minimum absolute atomic E-state index is 0.262. The van der Waals surface area contributed by atoms with Gasteiger partial charge in [-0.2, -0.15) is 0 Å². The molecule has 82 valence electrons. The Kier molecular flexibility index (Phi) is 4.12. The molecule has 1 amide bonds. The third-order valence-corrected chi connectivity index (χ3v) is 2.19. The van der Waals surface area contributed by atoms with Crippen LogP contribution in [0.15, 0.2) is 30.3 Å². The summed E-state index contributed by atoms with van der Waals surface area (Å²) in [6.07, 6.45) is -1.30. The van der Waals surface area contributed by atoms with Crippen molar-refractivity contribution in [3.8, 4) is 0 Å². The second kappa shape index (κ2) is 5.36. The first-order valence-corrected chi connectivity index (χ1v) is 4.72. The molecule has 0 aliphatic carbocycles. The molecule has 0 aliphatic rings. The van der Waals surface area contributed by atoms with Crippen LogP contribution in [0.4, 0.5) is 4.79 Å². The zero-order valence-corrected chi connectivity index (χ0v) is 8.81. The van der Waals surface area contributed by atoms with Crippen molar-refractivity contribution in [1.29, 1.82) is 0 Å². The lowest BCUT2D eigenvalue weighted by Gasteiger charge is -2.22. The standard InChI is InChI=1S/C11H15NO3/c1-8(12-11(13)14)10(15-2)9-6-4-3-5-7-9/h3-8,10,12H,1-2H3,(H,13,14)/t8?,10-/m0/s1. The van der Waals surface area contributed by atoms with Crippen LogP contribution in [-0.4, -0.2) is 24.4 Å². The van der Waals surface area contributed by atoms with Crippen LogP contribution in [0.5, 0.6) is 0 Å². The molecule has 1 aromatic rings. The summed E-state index contributed by atoms with van der Waals surface area (Å²) in [6.45, 7) is 1.77. The number of carbonyl (C=O) groups is 1. The summed E-state index contributed by atoms with van der Waals surface area (Å²) in [5.41, 5.74) is 0.959. The Bertz CT molecular complexity index is 313. The van der Waals surface area contributed by atoms with Crippen LogP contribution < -0.4 is 5.32 Å². The molecule has 4 heteroatoms. The molecular weight excluding hydrogens is 194 g/mol. The van der Waals surface area contributed by atoms with Gasteiger partial charge in [0.1, 0.15) is 6.10 Å². The number of nitrogens with one attached hydrogen (secondary N) is 1. The fourth-order valence-electron chi connectivity index (χ4n) is 1.54. The van der Waals surface area contributed by atoms with E-state index >= 15 is 0 Å². The quantitative estimate of drug-likeness (QED) is 0.797. The summed E-state index contributed by atoms with van der Waals surface area (Å²) in [7, 11) is 1.57. The van der Waals surface area contributed by atoms with E-state index in [1.807, 2.05) is 30.3 Å². The third kappa shape index (κ3) is 3.25. The van der Waals surface area contributed by atoms with Gasteiger partial charge in [0.05, 0.1) is 6.04 Å². The van der Waals surface area contributed by atoms with E-state index in [1.165, 1.54) is 0 Å². The largest absolute Gasteiger partial charge is 0.465 e. The van der Waals surface area contributed by atoms with Gasteiger partial charge in [-0.25, -0.2) is 4.79 Å². The van der Waals surface area contributed by atoms with Crippen LogP contribution in [-0.2, 0) is 4.74 Å². The normalized spacial score (nSPS) is 14.3. The number of methoxy groups -OCH3 is 1. The molecule has 0 saturated carbocycles. The lowest BCUT2D eigenvalue weighted by atomic mass is 10.0.